The topological polar surface area (TPSA) is 51.8 Å². The van der Waals surface area contributed by atoms with Gasteiger partial charge in [0.25, 0.3) is 0 Å². The van der Waals surface area contributed by atoms with E-state index in [0.717, 1.165) is 6.42 Å². The van der Waals surface area contributed by atoms with Gasteiger partial charge in [0.15, 0.2) is 0 Å². The summed E-state index contributed by atoms with van der Waals surface area (Å²) in [6, 6.07) is 1.74. The number of rotatable bonds is 4. The standard InChI is InChI=1S/C10H9Cl2N3O/c11-4-1-2-9-14-15-10(16-9)7-3-5-13-6-8(7)12/h3,5-6H,1-2,4H2. The quantitative estimate of drug-likeness (QED) is 0.791. The first kappa shape index (κ1) is 11.4. The summed E-state index contributed by atoms with van der Waals surface area (Å²) in [7, 11) is 0. The SMILES string of the molecule is ClCCCc1nnc(-c2ccncc2Cl)o1. The maximum atomic E-state index is 5.96. The molecule has 84 valence electrons. The summed E-state index contributed by atoms with van der Waals surface area (Å²) in [5, 5.41) is 8.34. The molecule has 0 aliphatic rings. The Morgan fingerprint density at radius 1 is 1.31 bits per heavy atom. The number of alkyl halides is 1. The van der Waals surface area contributed by atoms with Gasteiger partial charge in [-0.2, -0.15) is 0 Å². The predicted octanol–water partition coefficient (Wildman–Crippen LogP) is 2.96. The molecule has 0 atom stereocenters. The Bertz CT molecular complexity index is 473. The summed E-state index contributed by atoms with van der Waals surface area (Å²) < 4.78 is 5.46. The van der Waals surface area contributed by atoms with Crippen molar-refractivity contribution in [2.24, 2.45) is 0 Å². The van der Waals surface area contributed by atoms with Crippen molar-refractivity contribution in [2.75, 3.05) is 5.88 Å². The first-order valence-corrected chi connectivity index (χ1v) is 5.70. The van der Waals surface area contributed by atoms with Crippen LogP contribution in [0.3, 0.4) is 0 Å². The molecule has 0 spiro atoms. The number of pyridine rings is 1. The molecule has 0 fully saturated rings. The van der Waals surface area contributed by atoms with E-state index in [4.69, 9.17) is 27.6 Å². The molecule has 0 N–H and O–H groups in total. The minimum Gasteiger partial charge on any atom is -0.421 e. The van der Waals surface area contributed by atoms with Crippen LogP contribution in [0.5, 0.6) is 0 Å². The zero-order valence-corrected chi connectivity index (χ0v) is 9.87. The van der Waals surface area contributed by atoms with Crippen molar-refractivity contribution in [1.82, 2.24) is 15.2 Å². The average Bonchev–Trinajstić information content (AvgIpc) is 2.75. The Kier molecular flexibility index (Phi) is 3.74. The summed E-state index contributed by atoms with van der Waals surface area (Å²) in [6.45, 7) is 0. The molecule has 6 heteroatoms. The maximum Gasteiger partial charge on any atom is 0.249 e. The number of hydrogen-bond donors (Lipinski definition) is 0. The molecular formula is C10H9Cl2N3O. The molecule has 16 heavy (non-hydrogen) atoms. The molecule has 0 saturated heterocycles. The normalized spacial score (nSPS) is 10.6. The smallest absolute Gasteiger partial charge is 0.249 e. The Hall–Kier alpha value is -1.13. The van der Waals surface area contributed by atoms with Gasteiger partial charge >= 0.3 is 0 Å². The molecule has 0 unspecified atom stereocenters. The largest absolute Gasteiger partial charge is 0.421 e. The summed E-state index contributed by atoms with van der Waals surface area (Å²) >= 11 is 11.5. The summed E-state index contributed by atoms with van der Waals surface area (Å²) in [5.41, 5.74) is 0.696. The highest BCUT2D eigenvalue weighted by atomic mass is 35.5. The molecule has 2 heterocycles. The van der Waals surface area contributed by atoms with Gasteiger partial charge in [-0.1, -0.05) is 11.6 Å². The van der Waals surface area contributed by atoms with Gasteiger partial charge in [-0.05, 0) is 12.5 Å². The monoisotopic (exact) mass is 257 g/mol. The van der Waals surface area contributed by atoms with E-state index in [1.165, 1.54) is 0 Å². The summed E-state index contributed by atoms with van der Waals surface area (Å²) in [5.74, 6) is 1.56. The van der Waals surface area contributed by atoms with Gasteiger partial charge in [0.2, 0.25) is 11.8 Å². The van der Waals surface area contributed by atoms with Crippen molar-refractivity contribution in [3.8, 4) is 11.5 Å². The second-order valence-electron chi connectivity index (χ2n) is 3.15. The summed E-state index contributed by atoms with van der Waals surface area (Å²) in [6.07, 6.45) is 4.66. The van der Waals surface area contributed by atoms with E-state index in [2.05, 4.69) is 15.2 Å². The number of hydrogen-bond acceptors (Lipinski definition) is 4. The van der Waals surface area contributed by atoms with Crippen LogP contribution >= 0.6 is 23.2 Å². The van der Waals surface area contributed by atoms with E-state index in [0.29, 0.717) is 34.7 Å². The van der Waals surface area contributed by atoms with Crippen LogP contribution in [-0.4, -0.2) is 21.1 Å². The number of halogens is 2. The van der Waals surface area contributed by atoms with E-state index >= 15 is 0 Å². The Balaban J connectivity index is 2.22. The Labute approximate surface area is 103 Å². The van der Waals surface area contributed by atoms with Gasteiger partial charge in [0.1, 0.15) is 0 Å². The first-order chi connectivity index (χ1) is 7.81. The molecule has 0 amide bonds. The number of aromatic nitrogens is 3. The fraction of sp³-hybridized carbons (Fsp3) is 0.300. The lowest BCUT2D eigenvalue weighted by Gasteiger charge is -1.96. The Morgan fingerprint density at radius 2 is 2.19 bits per heavy atom. The molecule has 4 nitrogen and oxygen atoms in total. The van der Waals surface area contributed by atoms with Gasteiger partial charge in [0, 0.05) is 24.7 Å². The van der Waals surface area contributed by atoms with Crippen LogP contribution in [0, 0.1) is 0 Å². The van der Waals surface area contributed by atoms with E-state index in [1.54, 1.807) is 18.5 Å². The number of aryl methyl sites for hydroxylation is 1. The van der Waals surface area contributed by atoms with Crippen LogP contribution in [-0.2, 0) is 6.42 Å². The lowest BCUT2D eigenvalue weighted by atomic mass is 10.3. The van der Waals surface area contributed by atoms with Crippen LogP contribution in [0.25, 0.3) is 11.5 Å². The molecule has 2 aromatic rings. The molecule has 2 rings (SSSR count). The fourth-order valence-corrected chi connectivity index (χ4v) is 1.56. The predicted molar refractivity (Wildman–Crippen MR) is 61.6 cm³/mol. The highest BCUT2D eigenvalue weighted by Gasteiger charge is 2.11. The zero-order valence-electron chi connectivity index (χ0n) is 8.36. The lowest BCUT2D eigenvalue weighted by Crippen LogP contribution is -1.85. The van der Waals surface area contributed by atoms with Crippen molar-refractivity contribution in [2.45, 2.75) is 12.8 Å². The van der Waals surface area contributed by atoms with E-state index in [1.807, 2.05) is 0 Å². The van der Waals surface area contributed by atoms with Crippen LogP contribution < -0.4 is 0 Å². The van der Waals surface area contributed by atoms with Gasteiger partial charge in [-0.25, -0.2) is 0 Å². The fourth-order valence-electron chi connectivity index (χ4n) is 1.23. The highest BCUT2D eigenvalue weighted by Crippen LogP contribution is 2.25. The van der Waals surface area contributed by atoms with Crippen LogP contribution in [0.4, 0.5) is 0 Å². The van der Waals surface area contributed by atoms with Crippen LogP contribution in [0.15, 0.2) is 22.9 Å². The molecular weight excluding hydrogens is 249 g/mol. The molecule has 2 aromatic heterocycles. The maximum absolute atomic E-state index is 5.96. The third-order valence-electron chi connectivity index (χ3n) is 1.99. The van der Waals surface area contributed by atoms with E-state index in [-0.39, 0.29) is 0 Å². The number of nitrogens with zero attached hydrogens (tertiary/aromatic N) is 3. The molecule has 0 saturated carbocycles. The van der Waals surface area contributed by atoms with Crippen molar-refractivity contribution >= 4 is 23.2 Å². The molecule has 0 aliphatic heterocycles. The first-order valence-electron chi connectivity index (χ1n) is 4.79. The molecule has 0 radical (unpaired) electrons. The van der Waals surface area contributed by atoms with Gasteiger partial charge in [-0.15, -0.1) is 21.8 Å². The third kappa shape index (κ3) is 2.51. The van der Waals surface area contributed by atoms with E-state index < -0.39 is 0 Å². The van der Waals surface area contributed by atoms with Crippen molar-refractivity contribution < 1.29 is 4.42 Å². The van der Waals surface area contributed by atoms with Gasteiger partial charge in [-0.3, -0.25) is 4.98 Å². The summed E-state index contributed by atoms with van der Waals surface area (Å²) in [4.78, 5) is 3.89. The Morgan fingerprint density at radius 3 is 2.94 bits per heavy atom. The van der Waals surface area contributed by atoms with Crippen molar-refractivity contribution in [3.63, 3.8) is 0 Å². The molecule has 0 bridgehead atoms. The third-order valence-corrected chi connectivity index (χ3v) is 2.56. The second-order valence-corrected chi connectivity index (χ2v) is 3.93. The minimum absolute atomic E-state index is 0.414. The molecule has 0 aliphatic carbocycles. The zero-order chi connectivity index (χ0) is 11.4. The van der Waals surface area contributed by atoms with Gasteiger partial charge < -0.3 is 4.42 Å². The minimum atomic E-state index is 0.414. The molecule has 0 aromatic carbocycles. The second kappa shape index (κ2) is 5.27. The van der Waals surface area contributed by atoms with Crippen molar-refractivity contribution in [1.29, 1.82) is 0 Å². The van der Waals surface area contributed by atoms with Crippen LogP contribution in [0.1, 0.15) is 12.3 Å². The van der Waals surface area contributed by atoms with Gasteiger partial charge in [0.05, 0.1) is 10.6 Å². The van der Waals surface area contributed by atoms with Crippen molar-refractivity contribution in [3.05, 3.63) is 29.4 Å². The lowest BCUT2D eigenvalue weighted by molar-refractivity contribution is 0.502. The highest BCUT2D eigenvalue weighted by molar-refractivity contribution is 6.32. The van der Waals surface area contributed by atoms with E-state index in [9.17, 15) is 0 Å². The van der Waals surface area contributed by atoms with Crippen LogP contribution in [0.2, 0.25) is 5.02 Å². The average molecular weight is 258 g/mol.